The molecule has 2 nitrogen and oxygen atoms in total. The second-order valence-corrected chi connectivity index (χ2v) is 2.50. The van der Waals surface area contributed by atoms with Crippen LogP contribution in [-0.4, -0.2) is 12.0 Å². The second kappa shape index (κ2) is 3.05. The molecule has 0 saturated carbocycles. The minimum atomic E-state index is -0.380. The van der Waals surface area contributed by atoms with Crippen molar-refractivity contribution >= 4 is 17.3 Å². The number of anilines is 1. The molecule has 0 aliphatic rings. The molecule has 0 aromatic carbocycles. The molecule has 1 aromatic rings. The molecule has 0 unspecified atom stereocenters. The number of pyridine rings is 1. The zero-order chi connectivity index (χ0) is 8.43. The van der Waals surface area contributed by atoms with Gasteiger partial charge in [-0.25, -0.2) is 9.37 Å². The summed E-state index contributed by atoms with van der Waals surface area (Å²) in [4.78, 5) is 3.64. The van der Waals surface area contributed by atoms with Crippen LogP contribution in [-0.2, 0) is 0 Å². The number of hydrogen-bond acceptors (Lipinski definition) is 2. The van der Waals surface area contributed by atoms with Crippen molar-refractivity contribution in [3.8, 4) is 0 Å². The molecule has 1 rings (SSSR count). The van der Waals surface area contributed by atoms with E-state index in [-0.39, 0.29) is 5.82 Å². The number of aromatic nitrogens is 1. The van der Waals surface area contributed by atoms with Crippen molar-refractivity contribution in [3.05, 3.63) is 22.7 Å². The van der Waals surface area contributed by atoms with Crippen LogP contribution in [0.1, 0.15) is 5.56 Å². The molecule has 0 amide bonds. The maximum absolute atomic E-state index is 12.8. The van der Waals surface area contributed by atoms with E-state index in [2.05, 4.69) is 10.3 Å². The van der Waals surface area contributed by atoms with Crippen LogP contribution in [0.4, 0.5) is 10.1 Å². The van der Waals surface area contributed by atoms with Crippen LogP contribution in [0.3, 0.4) is 0 Å². The number of rotatable bonds is 1. The molecule has 0 spiro atoms. The lowest BCUT2D eigenvalue weighted by Gasteiger charge is -2.05. The number of nitrogens with zero attached hydrogens (tertiary/aromatic N) is 1. The van der Waals surface area contributed by atoms with Gasteiger partial charge in [0.05, 0.1) is 11.9 Å². The van der Waals surface area contributed by atoms with E-state index >= 15 is 0 Å². The van der Waals surface area contributed by atoms with Crippen molar-refractivity contribution in [3.63, 3.8) is 0 Å². The Morgan fingerprint density at radius 2 is 2.27 bits per heavy atom. The first-order valence-corrected chi connectivity index (χ1v) is 3.53. The highest BCUT2D eigenvalue weighted by Crippen LogP contribution is 2.23. The van der Waals surface area contributed by atoms with E-state index in [0.717, 1.165) is 6.20 Å². The van der Waals surface area contributed by atoms with Crippen molar-refractivity contribution < 1.29 is 4.39 Å². The summed E-state index contributed by atoms with van der Waals surface area (Å²) in [7, 11) is 1.64. The molecule has 60 valence electrons. The minimum Gasteiger partial charge on any atom is -0.385 e. The maximum atomic E-state index is 12.8. The Hall–Kier alpha value is -0.830. The van der Waals surface area contributed by atoms with Gasteiger partial charge >= 0.3 is 0 Å². The van der Waals surface area contributed by atoms with Crippen LogP contribution >= 0.6 is 11.6 Å². The third kappa shape index (κ3) is 1.43. The zero-order valence-corrected chi connectivity index (χ0v) is 7.04. The summed E-state index contributed by atoms with van der Waals surface area (Å²) in [5.41, 5.74) is 1.04. The fraction of sp³-hybridized carbons (Fsp3) is 0.286. The predicted molar refractivity (Wildman–Crippen MR) is 43.5 cm³/mol. The molecule has 0 bridgehead atoms. The molecule has 1 aromatic heterocycles. The lowest BCUT2D eigenvalue weighted by Crippen LogP contribution is -1.97. The first-order valence-electron chi connectivity index (χ1n) is 3.15. The van der Waals surface area contributed by atoms with Crippen molar-refractivity contribution in [1.82, 2.24) is 4.98 Å². The second-order valence-electron chi connectivity index (χ2n) is 2.15. The monoisotopic (exact) mass is 174 g/mol. The van der Waals surface area contributed by atoms with E-state index < -0.39 is 0 Å². The smallest absolute Gasteiger partial charge is 0.164 e. The maximum Gasteiger partial charge on any atom is 0.164 e. The molecule has 0 fully saturated rings. The molecule has 0 atom stereocenters. The summed E-state index contributed by atoms with van der Waals surface area (Å²) in [5, 5.41) is 3.03. The van der Waals surface area contributed by atoms with E-state index in [1.807, 2.05) is 0 Å². The molecular weight excluding hydrogens is 167 g/mol. The van der Waals surface area contributed by atoms with Gasteiger partial charge in [0.25, 0.3) is 0 Å². The molecule has 4 heteroatoms. The number of nitrogens with one attached hydrogen (secondary N) is 1. The Kier molecular flexibility index (Phi) is 2.29. The highest BCUT2D eigenvalue weighted by Gasteiger charge is 2.07. The Labute approximate surface area is 69.4 Å². The molecular formula is C7H8ClFN2. The predicted octanol–water partition coefficient (Wildman–Crippen LogP) is 2.22. The lowest BCUT2D eigenvalue weighted by atomic mass is 10.2. The van der Waals surface area contributed by atoms with E-state index in [1.54, 1.807) is 14.0 Å². The van der Waals surface area contributed by atoms with E-state index in [9.17, 15) is 4.39 Å². The van der Waals surface area contributed by atoms with Gasteiger partial charge in [-0.05, 0) is 6.92 Å². The molecule has 11 heavy (non-hydrogen) atoms. The lowest BCUT2D eigenvalue weighted by molar-refractivity contribution is 0.624. The van der Waals surface area contributed by atoms with Crippen molar-refractivity contribution in [2.45, 2.75) is 6.92 Å². The van der Waals surface area contributed by atoms with Gasteiger partial charge in [0.1, 0.15) is 5.15 Å². The quantitative estimate of drug-likeness (QED) is 0.661. The van der Waals surface area contributed by atoms with Crippen LogP contribution < -0.4 is 5.32 Å². The van der Waals surface area contributed by atoms with Crippen LogP contribution in [0.15, 0.2) is 6.20 Å². The summed E-state index contributed by atoms with van der Waals surface area (Å²) < 4.78 is 12.8. The van der Waals surface area contributed by atoms with Crippen LogP contribution in [0.5, 0.6) is 0 Å². The van der Waals surface area contributed by atoms with Gasteiger partial charge in [-0.1, -0.05) is 11.6 Å². The third-order valence-corrected chi connectivity index (χ3v) is 1.85. The van der Waals surface area contributed by atoms with Crippen LogP contribution in [0, 0.1) is 12.7 Å². The Bertz CT molecular complexity index is 275. The van der Waals surface area contributed by atoms with Crippen molar-refractivity contribution in [2.24, 2.45) is 0 Å². The topological polar surface area (TPSA) is 24.9 Å². The summed E-state index contributed by atoms with van der Waals surface area (Å²) in [6.45, 7) is 1.71. The first-order chi connectivity index (χ1) is 5.16. The molecule has 0 radical (unpaired) electrons. The fourth-order valence-electron chi connectivity index (χ4n) is 0.864. The van der Waals surface area contributed by atoms with Crippen molar-refractivity contribution in [1.29, 1.82) is 0 Å². The first kappa shape index (κ1) is 8.27. The molecule has 0 aliphatic carbocycles. The standard InChI is InChI=1S/C7H8ClFN2/c1-4-6(10-2)5(9)3-11-7(4)8/h3H,1-2H3,(H,10,11). The summed E-state index contributed by atoms with van der Waals surface area (Å²) in [6.07, 6.45) is 1.10. The normalized spacial score (nSPS) is 9.82. The van der Waals surface area contributed by atoms with Gasteiger partial charge in [0.15, 0.2) is 5.82 Å². The molecule has 0 aliphatic heterocycles. The van der Waals surface area contributed by atoms with Crippen molar-refractivity contribution in [2.75, 3.05) is 12.4 Å². The van der Waals surface area contributed by atoms with E-state index in [0.29, 0.717) is 16.4 Å². The SMILES string of the molecule is CNc1c(F)cnc(Cl)c1C. The summed E-state index contributed by atoms with van der Waals surface area (Å²) in [5.74, 6) is -0.380. The summed E-state index contributed by atoms with van der Waals surface area (Å²) in [6, 6.07) is 0. The molecule has 0 saturated heterocycles. The van der Waals surface area contributed by atoms with E-state index in [4.69, 9.17) is 11.6 Å². The summed E-state index contributed by atoms with van der Waals surface area (Å²) >= 11 is 5.65. The van der Waals surface area contributed by atoms with Crippen LogP contribution in [0.25, 0.3) is 0 Å². The van der Waals surface area contributed by atoms with Gasteiger partial charge in [-0.3, -0.25) is 0 Å². The van der Waals surface area contributed by atoms with Gasteiger partial charge in [-0.2, -0.15) is 0 Å². The van der Waals surface area contributed by atoms with Gasteiger partial charge in [-0.15, -0.1) is 0 Å². The molecule has 1 N–H and O–H groups in total. The largest absolute Gasteiger partial charge is 0.385 e. The van der Waals surface area contributed by atoms with E-state index in [1.165, 1.54) is 0 Å². The average Bonchev–Trinajstić information content (AvgIpc) is 1.99. The fourth-order valence-corrected chi connectivity index (χ4v) is 1.01. The highest BCUT2D eigenvalue weighted by atomic mass is 35.5. The van der Waals surface area contributed by atoms with Gasteiger partial charge in [0.2, 0.25) is 0 Å². The Morgan fingerprint density at radius 1 is 1.64 bits per heavy atom. The zero-order valence-electron chi connectivity index (χ0n) is 6.28. The molecule has 1 heterocycles. The van der Waals surface area contributed by atoms with Gasteiger partial charge < -0.3 is 5.32 Å². The van der Waals surface area contributed by atoms with Crippen LogP contribution in [0.2, 0.25) is 5.15 Å². The average molecular weight is 175 g/mol. The minimum absolute atomic E-state index is 0.329. The number of hydrogen-bond donors (Lipinski definition) is 1. The Morgan fingerprint density at radius 3 is 2.73 bits per heavy atom. The van der Waals surface area contributed by atoms with Gasteiger partial charge in [0, 0.05) is 12.6 Å². The third-order valence-electron chi connectivity index (χ3n) is 1.46. The number of halogens is 2. The highest BCUT2D eigenvalue weighted by molar-refractivity contribution is 6.30. The Balaban J connectivity index is 3.29.